The number of aromatic hydroxyl groups is 1. The molecule has 0 amide bonds. The first-order valence-electron chi connectivity index (χ1n) is 5.78. The third kappa shape index (κ3) is 3.04. The number of phenolic OH excluding ortho intramolecular Hbond substituents is 1. The first-order valence-corrected chi connectivity index (χ1v) is 5.78. The molecule has 0 fully saturated rings. The van der Waals surface area contributed by atoms with Crippen LogP contribution in [-0.2, 0) is 0 Å². The zero-order chi connectivity index (χ0) is 13.7. The molecule has 0 radical (unpaired) electrons. The molecular formula is C15H15NO3. The van der Waals surface area contributed by atoms with Crippen molar-refractivity contribution in [3.63, 3.8) is 0 Å². The van der Waals surface area contributed by atoms with Crippen molar-refractivity contribution in [1.29, 1.82) is 0 Å². The largest absolute Gasteiger partial charge is 0.507 e. The summed E-state index contributed by atoms with van der Waals surface area (Å²) in [5.74, 6) is 1.11. The number of hydrogen-bond donors (Lipinski definition) is 1. The maximum absolute atomic E-state index is 9.96. The summed E-state index contributed by atoms with van der Waals surface area (Å²) in [6, 6.07) is 12.7. The Labute approximate surface area is 111 Å². The van der Waals surface area contributed by atoms with Crippen LogP contribution in [0.3, 0.4) is 0 Å². The molecule has 0 saturated heterocycles. The Morgan fingerprint density at radius 2 is 1.79 bits per heavy atom. The van der Waals surface area contributed by atoms with Crippen LogP contribution in [-0.4, -0.2) is 25.5 Å². The number of nitrogens with zero attached hydrogens (tertiary/aromatic N) is 1. The number of para-hydroxylation sites is 1. The molecule has 4 nitrogen and oxygen atoms in total. The van der Waals surface area contributed by atoms with Gasteiger partial charge in [-0.3, -0.25) is 4.99 Å². The van der Waals surface area contributed by atoms with E-state index < -0.39 is 0 Å². The summed E-state index contributed by atoms with van der Waals surface area (Å²) < 4.78 is 10.3. The van der Waals surface area contributed by atoms with Crippen molar-refractivity contribution in [2.24, 2.45) is 4.99 Å². The smallest absolute Gasteiger partial charge is 0.135 e. The molecule has 0 atom stereocenters. The van der Waals surface area contributed by atoms with Crippen molar-refractivity contribution in [2.45, 2.75) is 0 Å². The van der Waals surface area contributed by atoms with Gasteiger partial charge in [0.2, 0.25) is 0 Å². The summed E-state index contributed by atoms with van der Waals surface area (Å²) in [5, 5.41) is 9.96. The first-order chi connectivity index (χ1) is 9.24. The van der Waals surface area contributed by atoms with Gasteiger partial charge in [0, 0.05) is 18.3 Å². The SMILES string of the molecule is COc1cc(O)c(C=Nc2ccccc2)c(OC)c1. The van der Waals surface area contributed by atoms with Gasteiger partial charge in [-0.05, 0) is 12.1 Å². The van der Waals surface area contributed by atoms with E-state index in [1.165, 1.54) is 20.3 Å². The summed E-state index contributed by atoms with van der Waals surface area (Å²) in [7, 11) is 3.07. The second-order valence-corrected chi connectivity index (χ2v) is 3.86. The van der Waals surface area contributed by atoms with Crippen LogP contribution < -0.4 is 9.47 Å². The minimum Gasteiger partial charge on any atom is -0.507 e. The van der Waals surface area contributed by atoms with Gasteiger partial charge in [-0.25, -0.2) is 0 Å². The number of hydrogen-bond acceptors (Lipinski definition) is 4. The summed E-state index contributed by atoms with van der Waals surface area (Å²) in [4.78, 5) is 4.30. The molecule has 98 valence electrons. The molecule has 0 aliphatic heterocycles. The van der Waals surface area contributed by atoms with Gasteiger partial charge in [0.1, 0.15) is 17.2 Å². The molecule has 0 aliphatic carbocycles. The standard InChI is InChI=1S/C15H15NO3/c1-18-12-8-14(17)13(15(9-12)19-2)10-16-11-6-4-3-5-7-11/h3-10,17H,1-2H3. The van der Waals surface area contributed by atoms with Gasteiger partial charge in [-0.1, -0.05) is 18.2 Å². The summed E-state index contributed by atoms with van der Waals surface area (Å²) in [6.45, 7) is 0. The zero-order valence-corrected chi connectivity index (χ0v) is 10.8. The molecule has 2 aromatic carbocycles. The van der Waals surface area contributed by atoms with E-state index in [1.54, 1.807) is 12.3 Å². The van der Waals surface area contributed by atoms with E-state index in [0.717, 1.165) is 5.69 Å². The van der Waals surface area contributed by atoms with Gasteiger partial charge in [0.25, 0.3) is 0 Å². The minimum absolute atomic E-state index is 0.0656. The number of ether oxygens (including phenoxy) is 2. The predicted molar refractivity (Wildman–Crippen MR) is 74.9 cm³/mol. The lowest BCUT2D eigenvalue weighted by molar-refractivity contribution is 0.384. The topological polar surface area (TPSA) is 51.0 Å². The molecule has 0 aromatic heterocycles. The second-order valence-electron chi connectivity index (χ2n) is 3.86. The first kappa shape index (κ1) is 13.0. The van der Waals surface area contributed by atoms with E-state index in [2.05, 4.69) is 4.99 Å². The van der Waals surface area contributed by atoms with E-state index in [1.807, 2.05) is 30.3 Å². The molecule has 1 N–H and O–H groups in total. The lowest BCUT2D eigenvalue weighted by atomic mass is 10.2. The van der Waals surface area contributed by atoms with Gasteiger partial charge >= 0.3 is 0 Å². The molecule has 2 rings (SSSR count). The second kappa shape index (κ2) is 5.91. The average Bonchev–Trinajstić information content (AvgIpc) is 2.46. The molecule has 2 aromatic rings. The van der Waals surface area contributed by atoms with Crippen LogP contribution in [0.15, 0.2) is 47.5 Å². The average molecular weight is 257 g/mol. The molecule has 0 unspecified atom stereocenters. The van der Waals surface area contributed by atoms with Gasteiger partial charge in [-0.2, -0.15) is 0 Å². The number of phenols is 1. The maximum Gasteiger partial charge on any atom is 0.135 e. The Balaban J connectivity index is 2.37. The van der Waals surface area contributed by atoms with E-state index >= 15 is 0 Å². The quantitative estimate of drug-likeness (QED) is 0.856. The van der Waals surface area contributed by atoms with Gasteiger partial charge in [0.15, 0.2) is 0 Å². The third-order valence-electron chi connectivity index (χ3n) is 2.65. The van der Waals surface area contributed by atoms with Crippen LogP contribution in [0, 0.1) is 0 Å². The summed E-state index contributed by atoms with van der Waals surface area (Å²) in [6.07, 6.45) is 1.57. The number of benzene rings is 2. The minimum atomic E-state index is 0.0656. The van der Waals surface area contributed by atoms with Crippen molar-refractivity contribution in [3.8, 4) is 17.2 Å². The lowest BCUT2D eigenvalue weighted by Gasteiger charge is -2.09. The van der Waals surface area contributed by atoms with Crippen molar-refractivity contribution < 1.29 is 14.6 Å². The normalized spacial score (nSPS) is 10.6. The molecule has 4 heteroatoms. The molecule has 0 saturated carbocycles. The summed E-state index contributed by atoms with van der Waals surface area (Å²) in [5.41, 5.74) is 1.33. The van der Waals surface area contributed by atoms with Crippen LogP contribution in [0.1, 0.15) is 5.56 Å². The Bertz CT molecular complexity index is 579. The van der Waals surface area contributed by atoms with Crippen LogP contribution in [0.4, 0.5) is 5.69 Å². The molecule has 0 bridgehead atoms. The molecular weight excluding hydrogens is 242 g/mol. The Morgan fingerprint density at radius 3 is 2.42 bits per heavy atom. The van der Waals surface area contributed by atoms with E-state index in [9.17, 15) is 5.11 Å². The van der Waals surface area contributed by atoms with E-state index in [4.69, 9.17) is 9.47 Å². The zero-order valence-electron chi connectivity index (χ0n) is 10.8. The summed E-state index contributed by atoms with van der Waals surface area (Å²) >= 11 is 0. The molecule has 19 heavy (non-hydrogen) atoms. The van der Waals surface area contributed by atoms with Gasteiger partial charge in [0.05, 0.1) is 25.5 Å². The Hall–Kier alpha value is -2.49. The number of methoxy groups -OCH3 is 2. The number of aliphatic imine (C=N–C) groups is 1. The fourth-order valence-corrected chi connectivity index (χ4v) is 1.66. The van der Waals surface area contributed by atoms with Gasteiger partial charge < -0.3 is 14.6 Å². The predicted octanol–water partition coefficient (Wildman–Crippen LogP) is 3.16. The Kier molecular flexibility index (Phi) is 4.03. The monoisotopic (exact) mass is 257 g/mol. The lowest BCUT2D eigenvalue weighted by Crippen LogP contribution is -1.93. The highest BCUT2D eigenvalue weighted by Gasteiger charge is 2.09. The fourth-order valence-electron chi connectivity index (χ4n) is 1.66. The van der Waals surface area contributed by atoms with Crippen LogP contribution in [0.5, 0.6) is 17.2 Å². The number of rotatable bonds is 4. The van der Waals surface area contributed by atoms with E-state index in [0.29, 0.717) is 17.1 Å². The maximum atomic E-state index is 9.96. The highest BCUT2D eigenvalue weighted by molar-refractivity contribution is 5.89. The van der Waals surface area contributed by atoms with Crippen molar-refractivity contribution in [1.82, 2.24) is 0 Å². The van der Waals surface area contributed by atoms with Crippen LogP contribution >= 0.6 is 0 Å². The molecule has 0 heterocycles. The highest BCUT2D eigenvalue weighted by atomic mass is 16.5. The van der Waals surface area contributed by atoms with Crippen molar-refractivity contribution >= 4 is 11.9 Å². The molecule has 0 spiro atoms. The van der Waals surface area contributed by atoms with Gasteiger partial charge in [-0.15, -0.1) is 0 Å². The van der Waals surface area contributed by atoms with E-state index in [-0.39, 0.29) is 5.75 Å². The molecule has 0 aliphatic rings. The Morgan fingerprint density at radius 1 is 1.05 bits per heavy atom. The van der Waals surface area contributed by atoms with Crippen molar-refractivity contribution in [3.05, 3.63) is 48.0 Å². The van der Waals surface area contributed by atoms with Crippen molar-refractivity contribution in [2.75, 3.05) is 14.2 Å². The van der Waals surface area contributed by atoms with Crippen LogP contribution in [0.25, 0.3) is 0 Å². The fraction of sp³-hybridized carbons (Fsp3) is 0.133. The highest BCUT2D eigenvalue weighted by Crippen LogP contribution is 2.32. The third-order valence-corrected chi connectivity index (χ3v) is 2.65. The van der Waals surface area contributed by atoms with Crippen LogP contribution in [0.2, 0.25) is 0 Å².